The van der Waals surface area contributed by atoms with Crippen molar-refractivity contribution in [3.63, 3.8) is 0 Å². The van der Waals surface area contributed by atoms with Gasteiger partial charge in [-0.2, -0.15) is 18.4 Å². The van der Waals surface area contributed by atoms with Crippen molar-refractivity contribution in [2.45, 2.75) is 25.6 Å². The number of hydrogen-bond donors (Lipinski definition) is 1. The number of aromatic amines is 1. The Labute approximate surface area is 175 Å². The lowest BCUT2D eigenvalue weighted by Crippen LogP contribution is -2.50. The number of carbonyl (C=O) groups excluding carboxylic acids is 1. The number of alkyl halides is 3. The molecule has 1 unspecified atom stereocenters. The van der Waals surface area contributed by atoms with Crippen molar-refractivity contribution in [3.8, 4) is 6.07 Å². The third kappa shape index (κ3) is 5.50. The van der Waals surface area contributed by atoms with Gasteiger partial charge < -0.3 is 19.5 Å². The number of rotatable bonds is 4. The molecule has 2 aromatic rings. The number of piperazine rings is 1. The highest BCUT2D eigenvalue weighted by atomic mass is 19.4. The molecule has 1 aliphatic rings. The fourth-order valence-corrected chi connectivity index (χ4v) is 3.11. The first-order valence-corrected chi connectivity index (χ1v) is 9.39. The first kappa shape index (κ1) is 22.1. The largest absolute Gasteiger partial charge is 0.446 e. The van der Waals surface area contributed by atoms with E-state index in [-0.39, 0.29) is 12.0 Å². The second-order valence-electron chi connectivity index (χ2n) is 7.00. The minimum atomic E-state index is -4.76. The third-order valence-corrected chi connectivity index (χ3v) is 4.68. The van der Waals surface area contributed by atoms with E-state index in [9.17, 15) is 22.8 Å². The highest BCUT2D eigenvalue weighted by molar-refractivity contribution is 5.68. The summed E-state index contributed by atoms with van der Waals surface area (Å²) in [5, 5.41) is 8.79. The smallest absolute Gasteiger partial charge is 0.421 e. The van der Waals surface area contributed by atoms with Crippen LogP contribution < -0.4 is 10.5 Å². The summed E-state index contributed by atoms with van der Waals surface area (Å²) in [6.45, 7) is 3.20. The monoisotopic (exact) mass is 436 g/mol. The summed E-state index contributed by atoms with van der Waals surface area (Å²) in [6, 6.07) is 2.71. The molecule has 1 aliphatic heterocycles. The number of nitrogens with zero attached hydrogens (tertiary/aromatic N) is 5. The molecule has 0 radical (unpaired) electrons. The molecular formula is C19H19F3N6O3. The van der Waals surface area contributed by atoms with Crippen LogP contribution in [0.4, 0.5) is 23.9 Å². The average molecular weight is 436 g/mol. The summed E-state index contributed by atoms with van der Waals surface area (Å²) >= 11 is 0. The van der Waals surface area contributed by atoms with Gasteiger partial charge in [-0.25, -0.2) is 14.8 Å². The van der Waals surface area contributed by atoms with E-state index in [0.29, 0.717) is 37.7 Å². The van der Waals surface area contributed by atoms with E-state index in [4.69, 9.17) is 10.00 Å². The zero-order valence-corrected chi connectivity index (χ0v) is 16.5. The SMILES string of the molecule is CC(Cc1c[nH]c(=O)c(C(F)(F)F)c1)OC(=O)N1CCN(c2ncc(C#N)cn2)CC1. The number of halogens is 3. The van der Waals surface area contributed by atoms with Crippen molar-refractivity contribution in [2.24, 2.45) is 0 Å². The van der Waals surface area contributed by atoms with Crippen molar-refractivity contribution < 1.29 is 22.7 Å². The number of nitrogens with one attached hydrogen (secondary N) is 1. The summed E-state index contributed by atoms with van der Waals surface area (Å²) in [4.78, 5) is 37.4. The van der Waals surface area contributed by atoms with Gasteiger partial charge in [0.05, 0.1) is 18.0 Å². The number of pyridine rings is 1. The van der Waals surface area contributed by atoms with Gasteiger partial charge in [0.2, 0.25) is 5.95 Å². The van der Waals surface area contributed by atoms with E-state index in [1.165, 1.54) is 23.5 Å². The molecule has 12 heteroatoms. The van der Waals surface area contributed by atoms with E-state index >= 15 is 0 Å². The molecule has 1 fully saturated rings. The minimum absolute atomic E-state index is 0.0185. The van der Waals surface area contributed by atoms with Gasteiger partial charge in [0, 0.05) is 38.8 Å². The maximum absolute atomic E-state index is 12.9. The summed E-state index contributed by atoms with van der Waals surface area (Å²) in [5.74, 6) is 0.457. The Morgan fingerprint density at radius 1 is 1.29 bits per heavy atom. The van der Waals surface area contributed by atoms with Crippen molar-refractivity contribution in [1.82, 2.24) is 19.9 Å². The molecule has 1 amide bonds. The maximum Gasteiger partial charge on any atom is 0.421 e. The maximum atomic E-state index is 12.9. The van der Waals surface area contributed by atoms with Gasteiger partial charge in [0.25, 0.3) is 5.56 Å². The lowest BCUT2D eigenvalue weighted by Gasteiger charge is -2.34. The lowest BCUT2D eigenvalue weighted by atomic mass is 10.1. The van der Waals surface area contributed by atoms with Crippen molar-refractivity contribution >= 4 is 12.0 Å². The number of ether oxygens (including phenoxy) is 1. The van der Waals surface area contributed by atoms with Crippen LogP contribution in [0, 0.1) is 11.3 Å². The number of H-pyrrole nitrogens is 1. The van der Waals surface area contributed by atoms with Crippen molar-refractivity contribution in [3.05, 3.63) is 51.7 Å². The fourth-order valence-electron chi connectivity index (χ4n) is 3.11. The molecule has 1 saturated heterocycles. The van der Waals surface area contributed by atoms with E-state index < -0.39 is 29.5 Å². The van der Waals surface area contributed by atoms with Gasteiger partial charge in [-0.1, -0.05) is 0 Å². The second-order valence-corrected chi connectivity index (χ2v) is 7.00. The zero-order chi connectivity index (χ0) is 22.6. The predicted octanol–water partition coefficient (Wildman–Crippen LogP) is 1.95. The first-order valence-electron chi connectivity index (χ1n) is 9.39. The van der Waals surface area contributed by atoms with E-state index in [0.717, 1.165) is 6.07 Å². The van der Waals surface area contributed by atoms with Gasteiger partial charge in [-0.05, 0) is 18.6 Å². The molecule has 0 aromatic carbocycles. The van der Waals surface area contributed by atoms with Gasteiger partial charge in [0.1, 0.15) is 17.7 Å². The van der Waals surface area contributed by atoms with Gasteiger partial charge in [-0.15, -0.1) is 0 Å². The first-order chi connectivity index (χ1) is 14.7. The van der Waals surface area contributed by atoms with Gasteiger partial charge >= 0.3 is 12.3 Å². The van der Waals surface area contributed by atoms with Crippen LogP contribution in [-0.4, -0.2) is 58.2 Å². The average Bonchev–Trinajstić information content (AvgIpc) is 2.74. The Balaban J connectivity index is 1.53. The molecule has 1 atom stereocenters. The van der Waals surface area contributed by atoms with E-state index in [2.05, 4.69) is 15.0 Å². The molecule has 3 rings (SSSR count). The number of aromatic nitrogens is 3. The van der Waals surface area contributed by atoms with Gasteiger partial charge in [0.15, 0.2) is 0 Å². The number of amides is 1. The van der Waals surface area contributed by atoms with Crippen molar-refractivity contribution in [2.75, 3.05) is 31.1 Å². The van der Waals surface area contributed by atoms with Crippen LogP contribution in [0.25, 0.3) is 0 Å². The molecule has 2 aromatic heterocycles. The molecule has 0 bridgehead atoms. The number of nitriles is 1. The lowest BCUT2D eigenvalue weighted by molar-refractivity contribution is -0.138. The summed E-state index contributed by atoms with van der Waals surface area (Å²) in [7, 11) is 0. The summed E-state index contributed by atoms with van der Waals surface area (Å²) < 4.78 is 44.0. The third-order valence-electron chi connectivity index (χ3n) is 4.68. The minimum Gasteiger partial charge on any atom is -0.446 e. The van der Waals surface area contributed by atoms with Crippen LogP contribution in [-0.2, 0) is 17.3 Å². The molecule has 0 saturated carbocycles. The van der Waals surface area contributed by atoms with E-state index in [1.807, 2.05) is 11.0 Å². The van der Waals surface area contributed by atoms with Crippen molar-refractivity contribution in [1.29, 1.82) is 5.26 Å². The second kappa shape index (κ2) is 9.03. The topological polar surface area (TPSA) is 115 Å². The van der Waals surface area contributed by atoms with Crippen LogP contribution >= 0.6 is 0 Å². The number of carbonyl (C=O) groups is 1. The Hall–Kier alpha value is -3.62. The van der Waals surface area contributed by atoms with Crippen LogP contribution in [0.5, 0.6) is 0 Å². The van der Waals surface area contributed by atoms with Crippen LogP contribution in [0.3, 0.4) is 0 Å². The van der Waals surface area contributed by atoms with Crippen LogP contribution in [0.1, 0.15) is 23.6 Å². The highest BCUT2D eigenvalue weighted by Crippen LogP contribution is 2.27. The quantitative estimate of drug-likeness (QED) is 0.779. The molecule has 0 aliphatic carbocycles. The van der Waals surface area contributed by atoms with E-state index in [1.54, 1.807) is 6.92 Å². The molecule has 164 valence electrons. The number of hydrogen-bond acceptors (Lipinski definition) is 7. The zero-order valence-electron chi connectivity index (χ0n) is 16.5. The summed E-state index contributed by atoms with van der Waals surface area (Å²) in [5.41, 5.74) is -1.95. The molecule has 9 nitrogen and oxygen atoms in total. The molecular weight excluding hydrogens is 417 g/mol. The van der Waals surface area contributed by atoms with Crippen LogP contribution in [0.2, 0.25) is 0 Å². The Kier molecular flexibility index (Phi) is 6.43. The van der Waals surface area contributed by atoms with Crippen LogP contribution in [0.15, 0.2) is 29.5 Å². The summed E-state index contributed by atoms with van der Waals surface area (Å²) in [6.07, 6.45) is -1.99. The highest BCUT2D eigenvalue weighted by Gasteiger charge is 2.34. The Morgan fingerprint density at radius 3 is 2.52 bits per heavy atom. The normalized spacial score (nSPS) is 15.3. The van der Waals surface area contributed by atoms with Gasteiger partial charge in [-0.3, -0.25) is 4.79 Å². The molecule has 0 spiro atoms. The number of anilines is 1. The molecule has 3 heterocycles. The Morgan fingerprint density at radius 2 is 1.94 bits per heavy atom. The molecule has 1 N–H and O–H groups in total. The Bertz CT molecular complexity index is 1020. The molecule has 31 heavy (non-hydrogen) atoms. The fraction of sp³-hybridized carbons (Fsp3) is 0.421. The predicted molar refractivity (Wildman–Crippen MR) is 102 cm³/mol. The standard InChI is InChI=1S/C19H19F3N6O3/c1-12(6-13-7-15(19(20,21)22)16(29)24-9-13)31-18(30)28-4-2-27(3-5-28)17-25-10-14(8-23)11-26-17/h7,9-12H,2-6H2,1H3,(H,24,29).